The molecule has 0 aliphatic heterocycles. The van der Waals surface area contributed by atoms with E-state index >= 15 is 0 Å². The van der Waals surface area contributed by atoms with Gasteiger partial charge in [-0.1, -0.05) is 0 Å². The fourth-order valence-corrected chi connectivity index (χ4v) is 1.14. The van der Waals surface area contributed by atoms with Crippen molar-refractivity contribution in [1.29, 1.82) is 0 Å². The quantitative estimate of drug-likeness (QED) is 0.754. The molecule has 2 N–H and O–H groups in total. The molecule has 0 radical (unpaired) electrons. The van der Waals surface area contributed by atoms with E-state index < -0.39 is 0 Å². The van der Waals surface area contributed by atoms with E-state index in [1.807, 2.05) is 0 Å². The van der Waals surface area contributed by atoms with E-state index in [2.05, 4.69) is 15.5 Å². The molecule has 0 bridgehead atoms. The van der Waals surface area contributed by atoms with Gasteiger partial charge in [-0.25, -0.2) is 4.39 Å². The number of halogens is 1. The van der Waals surface area contributed by atoms with E-state index in [9.17, 15) is 9.18 Å². The Hall–Kier alpha value is -2.17. The molecule has 15 heavy (non-hydrogen) atoms. The van der Waals surface area contributed by atoms with Crippen LogP contribution in [0, 0.1) is 5.82 Å². The lowest BCUT2D eigenvalue weighted by molar-refractivity contribution is 0.111. The van der Waals surface area contributed by atoms with Crippen LogP contribution < -0.4 is 5.32 Å². The van der Waals surface area contributed by atoms with E-state index in [0.29, 0.717) is 23.5 Å². The number of aromatic amines is 1. The number of hydrogen-bond donors (Lipinski definition) is 2. The number of H-pyrrole nitrogens is 1. The number of benzene rings is 1. The van der Waals surface area contributed by atoms with Gasteiger partial charge in [-0.05, 0) is 24.3 Å². The number of carbonyl (C=O) groups excluding carboxylic acids is 1. The smallest absolute Gasteiger partial charge is 0.167 e. The summed E-state index contributed by atoms with van der Waals surface area (Å²) in [5.74, 6) is 0.222. The molecule has 0 fully saturated rings. The van der Waals surface area contributed by atoms with Crippen LogP contribution in [0.15, 0.2) is 30.3 Å². The maximum absolute atomic E-state index is 12.6. The predicted octanol–water partition coefficient (Wildman–Crippen LogP) is 2.10. The van der Waals surface area contributed by atoms with Crippen molar-refractivity contribution in [3.63, 3.8) is 0 Å². The minimum Gasteiger partial charge on any atom is -0.339 e. The SMILES string of the molecule is O=Cc1cc(Nc2ccc(F)cc2)n[nH]1. The Bertz CT molecular complexity index is 464. The zero-order valence-electron chi connectivity index (χ0n) is 7.70. The van der Waals surface area contributed by atoms with Crippen LogP contribution in [-0.2, 0) is 0 Å². The highest BCUT2D eigenvalue weighted by molar-refractivity contribution is 5.74. The van der Waals surface area contributed by atoms with Gasteiger partial charge in [-0.2, -0.15) is 5.10 Å². The summed E-state index contributed by atoms with van der Waals surface area (Å²) in [4.78, 5) is 10.4. The van der Waals surface area contributed by atoms with Crippen LogP contribution in [0.2, 0.25) is 0 Å². The molecule has 0 spiro atoms. The number of anilines is 2. The Labute approximate surface area is 85.1 Å². The van der Waals surface area contributed by atoms with Crippen molar-refractivity contribution in [2.24, 2.45) is 0 Å². The third kappa shape index (κ3) is 2.19. The average Bonchev–Trinajstić information content (AvgIpc) is 2.69. The highest BCUT2D eigenvalue weighted by atomic mass is 19.1. The largest absolute Gasteiger partial charge is 0.339 e. The minimum atomic E-state index is -0.295. The van der Waals surface area contributed by atoms with E-state index in [0.717, 1.165) is 0 Å². The molecule has 76 valence electrons. The van der Waals surface area contributed by atoms with Gasteiger partial charge in [-0.3, -0.25) is 9.89 Å². The van der Waals surface area contributed by atoms with E-state index in [1.165, 1.54) is 12.1 Å². The van der Waals surface area contributed by atoms with Gasteiger partial charge in [-0.15, -0.1) is 0 Å². The maximum Gasteiger partial charge on any atom is 0.167 e. The standard InChI is InChI=1S/C10H8FN3O/c11-7-1-3-8(4-2-7)12-10-5-9(6-15)13-14-10/h1-6H,(H2,12,13,14). The number of aldehydes is 1. The molecule has 0 aliphatic rings. The van der Waals surface area contributed by atoms with Crippen LogP contribution in [-0.4, -0.2) is 16.5 Å². The van der Waals surface area contributed by atoms with E-state index in [-0.39, 0.29) is 5.82 Å². The number of nitrogens with one attached hydrogen (secondary N) is 2. The molecule has 0 atom stereocenters. The van der Waals surface area contributed by atoms with Crippen molar-refractivity contribution < 1.29 is 9.18 Å². The highest BCUT2D eigenvalue weighted by Crippen LogP contribution is 2.14. The molecule has 0 saturated carbocycles. The molecule has 5 heteroatoms. The summed E-state index contributed by atoms with van der Waals surface area (Å²) in [6, 6.07) is 7.43. The zero-order valence-corrected chi connectivity index (χ0v) is 7.70. The van der Waals surface area contributed by atoms with Crippen LogP contribution in [0.4, 0.5) is 15.9 Å². The first-order chi connectivity index (χ1) is 7.28. The Morgan fingerprint density at radius 2 is 2.07 bits per heavy atom. The van der Waals surface area contributed by atoms with Gasteiger partial charge in [0, 0.05) is 11.8 Å². The summed E-state index contributed by atoms with van der Waals surface area (Å²) in [6.07, 6.45) is 0.669. The number of nitrogens with zero attached hydrogens (tertiary/aromatic N) is 1. The van der Waals surface area contributed by atoms with Gasteiger partial charge in [0.25, 0.3) is 0 Å². The molecule has 1 aromatic carbocycles. The first kappa shape index (κ1) is 9.39. The molecular formula is C10H8FN3O. The Balaban J connectivity index is 2.14. The fraction of sp³-hybridized carbons (Fsp3) is 0. The van der Waals surface area contributed by atoms with Crippen LogP contribution in [0.1, 0.15) is 10.5 Å². The van der Waals surface area contributed by atoms with E-state index in [4.69, 9.17) is 0 Å². The van der Waals surface area contributed by atoms with Crippen LogP contribution >= 0.6 is 0 Å². The molecule has 2 aromatic rings. The molecule has 1 heterocycles. The molecular weight excluding hydrogens is 197 g/mol. The van der Waals surface area contributed by atoms with Gasteiger partial charge in [0.2, 0.25) is 0 Å². The van der Waals surface area contributed by atoms with Crippen molar-refractivity contribution in [1.82, 2.24) is 10.2 Å². The Kier molecular flexibility index (Phi) is 2.45. The summed E-state index contributed by atoms with van der Waals surface area (Å²) < 4.78 is 12.6. The maximum atomic E-state index is 12.6. The fourth-order valence-electron chi connectivity index (χ4n) is 1.14. The number of hydrogen-bond acceptors (Lipinski definition) is 3. The second-order valence-corrected chi connectivity index (χ2v) is 2.96. The monoisotopic (exact) mass is 205 g/mol. The van der Waals surface area contributed by atoms with Gasteiger partial charge in [0.15, 0.2) is 12.1 Å². The Morgan fingerprint density at radius 1 is 1.33 bits per heavy atom. The van der Waals surface area contributed by atoms with Crippen LogP contribution in [0.25, 0.3) is 0 Å². The van der Waals surface area contributed by atoms with Crippen molar-refractivity contribution in [3.8, 4) is 0 Å². The summed E-state index contributed by atoms with van der Waals surface area (Å²) in [6.45, 7) is 0. The van der Waals surface area contributed by atoms with Gasteiger partial charge < -0.3 is 5.32 Å². The minimum absolute atomic E-state index is 0.295. The molecule has 0 aliphatic carbocycles. The van der Waals surface area contributed by atoms with Crippen LogP contribution in [0.3, 0.4) is 0 Å². The molecule has 4 nitrogen and oxygen atoms in total. The van der Waals surface area contributed by atoms with Gasteiger partial charge >= 0.3 is 0 Å². The number of aromatic nitrogens is 2. The summed E-state index contributed by atoms with van der Waals surface area (Å²) in [7, 11) is 0. The first-order valence-corrected chi connectivity index (χ1v) is 4.31. The van der Waals surface area contributed by atoms with Crippen molar-refractivity contribution in [3.05, 3.63) is 41.8 Å². The summed E-state index contributed by atoms with van der Waals surface area (Å²) in [5, 5.41) is 9.29. The topological polar surface area (TPSA) is 57.8 Å². The molecule has 2 rings (SSSR count). The summed E-state index contributed by atoms with van der Waals surface area (Å²) >= 11 is 0. The lowest BCUT2D eigenvalue weighted by Gasteiger charge is -2.00. The third-order valence-corrected chi connectivity index (χ3v) is 1.84. The van der Waals surface area contributed by atoms with Crippen LogP contribution in [0.5, 0.6) is 0 Å². The first-order valence-electron chi connectivity index (χ1n) is 4.31. The lowest BCUT2D eigenvalue weighted by atomic mass is 10.3. The van der Waals surface area contributed by atoms with Gasteiger partial charge in [0.05, 0.1) is 5.69 Å². The summed E-state index contributed by atoms with van der Waals surface area (Å²) in [5.41, 5.74) is 1.10. The normalized spacial score (nSPS) is 9.93. The van der Waals surface area contributed by atoms with Crippen molar-refractivity contribution in [2.75, 3.05) is 5.32 Å². The van der Waals surface area contributed by atoms with Gasteiger partial charge in [0.1, 0.15) is 5.82 Å². The van der Waals surface area contributed by atoms with E-state index in [1.54, 1.807) is 18.2 Å². The number of rotatable bonds is 3. The molecule has 0 saturated heterocycles. The number of carbonyl (C=O) groups is 1. The zero-order chi connectivity index (χ0) is 10.7. The molecule has 0 unspecified atom stereocenters. The Morgan fingerprint density at radius 3 is 2.67 bits per heavy atom. The highest BCUT2D eigenvalue weighted by Gasteiger charge is 2.00. The average molecular weight is 205 g/mol. The molecule has 1 aromatic heterocycles. The predicted molar refractivity (Wildman–Crippen MR) is 53.7 cm³/mol. The van der Waals surface area contributed by atoms with Crippen molar-refractivity contribution >= 4 is 17.8 Å². The second kappa shape index (κ2) is 3.91. The molecule has 0 amide bonds. The van der Waals surface area contributed by atoms with Crippen molar-refractivity contribution in [2.45, 2.75) is 0 Å². The third-order valence-electron chi connectivity index (χ3n) is 1.84. The second-order valence-electron chi connectivity index (χ2n) is 2.96. The lowest BCUT2D eigenvalue weighted by Crippen LogP contribution is -1.90.